The van der Waals surface area contributed by atoms with Crippen LogP contribution in [-0.4, -0.2) is 13.3 Å². The molecule has 0 unspecified atom stereocenters. The zero-order chi connectivity index (χ0) is 11.6. The molecule has 0 heterocycles. The Morgan fingerprint density at radius 3 is 2.53 bits per heavy atom. The van der Waals surface area contributed by atoms with Crippen molar-refractivity contribution in [2.24, 2.45) is 0 Å². The first-order valence-corrected chi connectivity index (χ1v) is 5.51. The first-order valence-electron chi connectivity index (χ1n) is 3.96. The molecule has 0 spiro atoms. The maximum absolute atomic E-state index is 12.4. The van der Waals surface area contributed by atoms with Crippen molar-refractivity contribution >= 4 is 15.9 Å². The van der Waals surface area contributed by atoms with Crippen LogP contribution in [0.25, 0.3) is 0 Å². The molecule has 0 aromatic heterocycles. The lowest BCUT2D eigenvalue weighted by Gasteiger charge is -2.01. The van der Waals surface area contributed by atoms with Gasteiger partial charge < -0.3 is 0 Å². The highest BCUT2D eigenvalue weighted by Gasteiger charge is 2.19. The average Bonchev–Trinajstić information content (AvgIpc) is 1.99. The molecule has 0 fully saturated rings. The Balaban J connectivity index is 3.25. The summed E-state index contributed by atoms with van der Waals surface area (Å²) in [6.07, 6.45) is 0. The average molecular weight is 233 g/mol. The maximum atomic E-state index is 12.4. The number of nitrogens with zero attached hydrogens (tertiary/aromatic N) is 1. The second-order valence-corrected chi connectivity index (χ2v) is 4.44. The van der Waals surface area contributed by atoms with E-state index >= 15 is 0 Å². The third-order valence-corrected chi connectivity index (χ3v) is 2.42. The molecule has 5 nitrogen and oxygen atoms in total. The maximum Gasteiger partial charge on any atom is 0.306 e. The van der Waals surface area contributed by atoms with Crippen molar-refractivity contribution in [1.29, 1.82) is 0 Å². The van der Waals surface area contributed by atoms with E-state index in [0.717, 1.165) is 6.07 Å². The van der Waals surface area contributed by atoms with E-state index in [2.05, 4.69) is 0 Å². The van der Waals surface area contributed by atoms with Gasteiger partial charge in [0.1, 0.15) is 5.75 Å². The zero-order valence-corrected chi connectivity index (χ0v) is 8.62. The van der Waals surface area contributed by atoms with Crippen LogP contribution >= 0.6 is 0 Å². The Morgan fingerprint density at radius 1 is 1.47 bits per heavy atom. The van der Waals surface area contributed by atoms with Gasteiger partial charge in [0.2, 0.25) is 0 Å². The van der Waals surface area contributed by atoms with Crippen molar-refractivity contribution < 1.29 is 17.2 Å². The molecule has 0 atom stereocenters. The predicted molar refractivity (Wildman–Crippen MR) is 51.6 cm³/mol. The highest BCUT2D eigenvalue weighted by atomic mass is 32.3. The van der Waals surface area contributed by atoms with Crippen LogP contribution in [0, 0.1) is 17.0 Å². The molecule has 0 saturated carbocycles. The van der Waals surface area contributed by atoms with Crippen LogP contribution in [0.1, 0.15) is 11.1 Å². The molecule has 0 aliphatic heterocycles. The van der Waals surface area contributed by atoms with Gasteiger partial charge in [-0.2, -0.15) is 8.42 Å². The fourth-order valence-electron chi connectivity index (χ4n) is 1.19. The highest BCUT2D eigenvalue weighted by molar-refractivity contribution is 7.85. The van der Waals surface area contributed by atoms with E-state index in [4.69, 9.17) is 0 Å². The summed E-state index contributed by atoms with van der Waals surface area (Å²) in [7, 11) is -4.75. The standard InChI is InChI=1S/C8H8FNO4S/c1-6-2-3-8(10(11)12)7(4-6)5-15(9,13)14/h2-4H,5H2,1H3. The number of halogens is 1. The van der Waals surface area contributed by atoms with Crippen LogP contribution in [0.5, 0.6) is 0 Å². The molecule has 1 rings (SSSR count). The van der Waals surface area contributed by atoms with Gasteiger partial charge in [-0.05, 0) is 13.0 Å². The fourth-order valence-corrected chi connectivity index (χ4v) is 1.80. The molecule has 0 bridgehead atoms. The van der Waals surface area contributed by atoms with Crippen LogP contribution in [0.2, 0.25) is 0 Å². The Morgan fingerprint density at radius 2 is 2.07 bits per heavy atom. The number of hydrogen-bond donors (Lipinski definition) is 0. The lowest BCUT2D eigenvalue weighted by atomic mass is 10.1. The monoisotopic (exact) mass is 233 g/mol. The molecule has 0 aliphatic rings. The van der Waals surface area contributed by atoms with Crippen LogP contribution in [0.4, 0.5) is 9.57 Å². The minimum absolute atomic E-state index is 0.137. The van der Waals surface area contributed by atoms with Crippen molar-refractivity contribution in [3.8, 4) is 0 Å². The van der Waals surface area contributed by atoms with Gasteiger partial charge in [-0.1, -0.05) is 11.6 Å². The molecule has 82 valence electrons. The number of hydrogen-bond acceptors (Lipinski definition) is 4. The Kier molecular flexibility index (Phi) is 3.04. The van der Waals surface area contributed by atoms with E-state index in [1.54, 1.807) is 6.92 Å². The molecule has 0 radical (unpaired) electrons. The van der Waals surface area contributed by atoms with E-state index in [1.807, 2.05) is 0 Å². The minimum atomic E-state index is -4.75. The molecule has 1 aromatic rings. The third kappa shape index (κ3) is 3.28. The van der Waals surface area contributed by atoms with Crippen LogP contribution < -0.4 is 0 Å². The summed E-state index contributed by atoms with van der Waals surface area (Å²) in [5, 5.41) is 10.5. The van der Waals surface area contributed by atoms with Gasteiger partial charge in [-0.3, -0.25) is 10.1 Å². The lowest BCUT2D eigenvalue weighted by Crippen LogP contribution is -2.01. The summed E-state index contributed by atoms with van der Waals surface area (Å²) < 4.78 is 33.2. The van der Waals surface area contributed by atoms with E-state index in [9.17, 15) is 22.4 Å². The SMILES string of the molecule is Cc1ccc([N+](=O)[O-])c(CS(=O)(=O)F)c1. The quantitative estimate of drug-likeness (QED) is 0.452. The summed E-state index contributed by atoms with van der Waals surface area (Å²) in [5.41, 5.74) is 0.114. The summed E-state index contributed by atoms with van der Waals surface area (Å²) in [6, 6.07) is 3.91. The van der Waals surface area contributed by atoms with Crippen molar-refractivity contribution in [1.82, 2.24) is 0 Å². The van der Waals surface area contributed by atoms with E-state index < -0.39 is 20.9 Å². The smallest absolute Gasteiger partial charge is 0.258 e. The van der Waals surface area contributed by atoms with Crippen molar-refractivity contribution in [3.05, 3.63) is 39.4 Å². The normalized spacial score (nSPS) is 11.3. The number of nitro groups is 1. The Labute approximate surface area is 85.9 Å². The zero-order valence-electron chi connectivity index (χ0n) is 7.81. The minimum Gasteiger partial charge on any atom is -0.258 e. The van der Waals surface area contributed by atoms with Gasteiger partial charge >= 0.3 is 10.2 Å². The molecule has 7 heteroatoms. The molecular weight excluding hydrogens is 225 g/mol. The largest absolute Gasteiger partial charge is 0.306 e. The van der Waals surface area contributed by atoms with Crippen molar-refractivity contribution in [2.75, 3.05) is 0 Å². The summed E-state index contributed by atoms with van der Waals surface area (Å²) in [6.45, 7) is 1.64. The van der Waals surface area contributed by atoms with Crippen LogP contribution in [0.3, 0.4) is 0 Å². The summed E-state index contributed by atoms with van der Waals surface area (Å²) in [4.78, 5) is 9.77. The van der Waals surface area contributed by atoms with E-state index in [-0.39, 0.29) is 11.3 Å². The Bertz CT molecular complexity index is 497. The predicted octanol–water partition coefficient (Wildman–Crippen LogP) is 1.70. The second-order valence-electron chi connectivity index (χ2n) is 3.07. The molecule has 0 aliphatic carbocycles. The lowest BCUT2D eigenvalue weighted by molar-refractivity contribution is -0.385. The molecule has 15 heavy (non-hydrogen) atoms. The second kappa shape index (κ2) is 3.93. The van der Waals surface area contributed by atoms with Gasteiger partial charge in [0.05, 0.1) is 4.92 Å². The number of nitro benzene ring substituents is 1. The van der Waals surface area contributed by atoms with Gasteiger partial charge in [0.15, 0.2) is 0 Å². The van der Waals surface area contributed by atoms with Gasteiger partial charge in [0.25, 0.3) is 5.69 Å². The summed E-state index contributed by atoms with van der Waals surface area (Å²) >= 11 is 0. The van der Waals surface area contributed by atoms with E-state index in [1.165, 1.54) is 12.1 Å². The molecule has 0 saturated heterocycles. The van der Waals surface area contributed by atoms with Crippen LogP contribution in [0.15, 0.2) is 18.2 Å². The third-order valence-electron chi connectivity index (χ3n) is 1.76. The van der Waals surface area contributed by atoms with Crippen molar-refractivity contribution in [2.45, 2.75) is 12.7 Å². The van der Waals surface area contributed by atoms with Crippen LogP contribution in [-0.2, 0) is 16.0 Å². The van der Waals surface area contributed by atoms with Gasteiger partial charge in [0, 0.05) is 11.6 Å². The Hall–Kier alpha value is -1.50. The first-order chi connectivity index (χ1) is 6.79. The summed E-state index contributed by atoms with van der Waals surface area (Å²) in [5.74, 6) is -0.967. The number of benzene rings is 1. The highest BCUT2D eigenvalue weighted by Crippen LogP contribution is 2.22. The van der Waals surface area contributed by atoms with Crippen molar-refractivity contribution in [3.63, 3.8) is 0 Å². The molecular formula is C8H8FNO4S. The fraction of sp³-hybridized carbons (Fsp3) is 0.250. The number of rotatable bonds is 3. The first kappa shape index (κ1) is 11.6. The van der Waals surface area contributed by atoms with Gasteiger partial charge in [-0.15, -0.1) is 3.89 Å². The topological polar surface area (TPSA) is 77.3 Å². The van der Waals surface area contributed by atoms with E-state index in [0.29, 0.717) is 5.56 Å². The molecule has 0 N–H and O–H groups in total. The number of aryl methyl sites for hydroxylation is 1. The molecule has 1 aromatic carbocycles. The molecule has 0 amide bonds. The van der Waals surface area contributed by atoms with Gasteiger partial charge in [-0.25, -0.2) is 0 Å².